The van der Waals surface area contributed by atoms with E-state index < -0.39 is 5.91 Å². The number of pyridine rings is 2. The van der Waals surface area contributed by atoms with Gasteiger partial charge in [0.05, 0.1) is 17.5 Å². The van der Waals surface area contributed by atoms with Gasteiger partial charge in [-0.2, -0.15) is 0 Å². The molecule has 0 unspecified atom stereocenters. The number of benzene rings is 2. The van der Waals surface area contributed by atoms with E-state index in [9.17, 15) is 9.59 Å². The summed E-state index contributed by atoms with van der Waals surface area (Å²) in [5.41, 5.74) is 2.33. The highest BCUT2D eigenvalue weighted by molar-refractivity contribution is 5.96. The second-order valence-corrected chi connectivity index (χ2v) is 8.43. The van der Waals surface area contributed by atoms with Crippen molar-refractivity contribution in [2.75, 3.05) is 6.79 Å². The average molecular weight is 479 g/mol. The molecule has 0 saturated heterocycles. The smallest absolute Gasteiger partial charge is 0.267 e. The molecule has 2 aromatic carbocycles. The number of hydrogen-bond donors (Lipinski definition) is 2. The van der Waals surface area contributed by atoms with E-state index in [1.54, 1.807) is 35.0 Å². The van der Waals surface area contributed by atoms with E-state index in [0.717, 1.165) is 11.1 Å². The van der Waals surface area contributed by atoms with Gasteiger partial charge in [-0.1, -0.05) is 42.5 Å². The molecule has 5 aromatic rings. The predicted octanol–water partition coefficient (Wildman–Crippen LogP) is 2.84. The Kier molecular flexibility index (Phi) is 5.22. The second-order valence-electron chi connectivity index (χ2n) is 8.43. The molecular weight excluding hydrogens is 458 g/mol. The van der Waals surface area contributed by atoms with Crippen molar-refractivity contribution in [1.29, 1.82) is 5.41 Å². The van der Waals surface area contributed by atoms with Crippen LogP contribution in [0.15, 0.2) is 83.8 Å². The van der Waals surface area contributed by atoms with Gasteiger partial charge in [-0.05, 0) is 41.5 Å². The average Bonchev–Trinajstić information content (AvgIpc) is 3.38. The zero-order valence-electron chi connectivity index (χ0n) is 19.1. The fourth-order valence-electron chi connectivity index (χ4n) is 4.31. The third-order valence-electron chi connectivity index (χ3n) is 6.14. The van der Waals surface area contributed by atoms with Gasteiger partial charge in [0.2, 0.25) is 6.79 Å². The first-order chi connectivity index (χ1) is 17.6. The van der Waals surface area contributed by atoms with Crippen molar-refractivity contribution in [3.63, 3.8) is 0 Å². The van der Waals surface area contributed by atoms with E-state index in [1.165, 1.54) is 10.5 Å². The van der Waals surface area contributed by atoms with Crippen LogP contribution in [0.5, 0.6) is 11.5 Å². The van der Waals surface area contributed by atoms with Gasteiger partial charge in [-0.25, -0.2) is 4.98 Å². The van der Waals surface area contributed by atoms with Gasteiger partial charge < -0.3 is 19.4 Å². The van der Waals surface area contributed by atoms with Crippen molar-refractivity contribution in [2.24, 2.45) is 0 Å². The molecule has 3 aromatic heterocycles. The molecule has 2 N–H and O–H groups in total. The van der Waals surface area contributed by atoms with Crippen LogP contribution in [0.4, 0.5) is 0 Å². The van der Waals surface area contributed by atoms with Crippen molar-refractivity contribution >= 4 is 22.6 Å². The van der Waals surface area contributed by atoms with Crippen LogP contribution < -0.4 is 25.8 Å². The number of fused-ring (bicyclic) bond motifs is 3. The highest BCUT2D eigenvalue weighted by Gasteiger charge is 2.18. The quantitative estimate of drug-likeness (QED) is 0.377. The van der Waals surface area contributed by atoms with Crippen LogP contribution >= 0.6 is 0 Å². The number of carbonyl (C=O) groups excluding carboxylic acids is 1. The van der Waals surface area contributed by atoms with Crippen LogP contribution in [0.25, 0.3) is 16.7 Å². The molecule has 0 aliphatic carbocycles. The molecular formula is C27H21N5O4. The summed E-state index contributed by atoms with van der Waals surface area (Å²) in [4.78, 5) is 31.3. The number of nitrogens with zero attached hydrogens (tertiary/aromatic N) is 3. The lowest BCUT2D eigenvalue weighted by atomic mass is 10.1. The van der Waals surface area contributed by atoms with Gasteiger partial charge in [-0.3, -0.25) is 19.4 Å². The Bertz CT molecular complexity index is 1760. The minimum Gasteiger partial charge on any atom is -0.454 e. The van der Waals surface area contributed by atoms with Crippen molar-refractivity contribution < 1.29 is 14.3 Å². The minimum atomic E-state index is -0.459. The number of ether oxygens (including phenoxy) is 2. The number of rotatable bonds is 5. The molecule has 4 heterocycles. The normalized spacial score (nSPS) is 12.2. The van der Waals surface area contributed by atoms with E-state index in [2.05, 4.69) is 10.3 Å². The summed E-state index contributed by atoms with van der Waals surface area (Å²) >= 11 is 0. The van der Waals surface area contributed by atoms with E-state index >= 15 is 0 Å². The third kappa shape index (κ3) is 3.76. The van der Waals surface area contributed by atoms with Crippen LogP contribution in [-0.2, 0) is 13.1 Å². The topological polar surface area (TPSA) is 111 Å². The number of aromatic nitrogens is 3. The maximum absolute atomic E-state index is 13.4. The molecule has 0 saturated carbocycles. The van der Waals surface area contributed by atoms with Gasteiger partial charge in [-0.15, -0.1) is 0 Å². The lowest BCUT2D eigenvalue weighted by Crippen LogP contribution is -2.35. The van der Waals surface area contributed by atoms with Crippen LogP contribution in [0.1, 0.15) is 21.5 Å². The molecule has 1 aliphatic heterocycles. The molecule has 178 valence electrons. The van der Waals surface area contributed by atoms with Crippen molar-refractivity contribution in [3.05, 3.63) is 112 Å². The van der Waals surface area contributed by atoms with Crippen LogP contribution in [0.2, 0.25) is 0 Å². The van der Waals surface area contributed by atoms with Crippen molar-refractivity contribution in [2.45, 2.75) is 13.1 Å². The first-order valence-electron chi connectivity index (χ1n) is 11.4. The van der Waals surface area contributed by atoms with E-state index in [4.69, 9.17) is 14.9 Å². The summed E-state index contributed by atoms with van der Waals surface area (Å²) in [5, 5.41) is 12.0. The maximum atomic E-state index is 13.4. The maximum Gasteiger partial charge on any atom is 0.267 e. The summed E-state index contributed by atoms with van der Waals surface area (Å²) in [6.45, 7) is 0.680. The van der Waals surface area contributed by atoms with Crippen LogP contribution in [0, 0.1) is 5.41 Å². The number of amides is 1. The van der Waals surface area contributed by atoms with Crippen molar-refractivity contribution in [1.82, 2.24) is 19.3 Å². The summed E-state index contributed by atoms with van der Waals surface area (Å²) in [5.74, 6) is 0.828. The zero-order chi connectivity index (χ0) is 24.6. The Balaban J connectivity index is 1.44. The summed E-state index contributed by atoms with van der Waals surface area (Å²) in [6, 6.07) is 21.8. The molecule has 9 nitrogen and oxygen atoms in total. The second kappa shape index (κ2) is 8.70. The van der Waals surface area contributed by atoms with Gasteiger partial charge in [0, 0.05) is 12.7 Å². The molecule has 0 fully saturated rings. The van der Waals surface area contributed by atoms with Gasteiger partial charge in [0.15, 0.2) is 11.5 Å². The van der Waals surface area contributed by atoms with Crippen molar-refractivity contribution in [3.8, 4) is 11.5 Å². The van der Waals surface area contributed by atoms with E-state index in [-0.39, 0.29) is 41.9 Å². The fourth-order valence-corrected chi connectivity index (χ4v) is 4.31. The lowest BCUT2D eigenvalue weighted by Gasteiger charge is -2.15. The summed E-state index contributed by atoms with van der Waals surface area (Å²) in [6.07, 6.45) is 1.64. The monoisotopic (exact) mass is 479 g/mol. The lowest BCUT2D eigenvalue weighted by molar-refractivity contribution is 0.0948. The predicted molar refractivity (Wildman–Crippen MR) is 132 cm³/mol. The number of hydrogen-bond acceptors (Lipinski definition) is 6. The Hall–Kier alpha value is -4.92. The zero-order valence-corrected chi connectivity index (χ0v) is 19.1. The van der Waals surface area contributed by atoms with Crippen LogP contribution in [0.3, 0.4) is 0 Å². The SMILES string of the molecule is N=c1c(C(=O)NCc2ccc3c(c2)OCO3)cc2c(=O)n3ccccc3nc2n1Cc1ccccc1. The number of carbonyl (C=O) groups is 1. The standard InChI is InChI=1S/C27H21N5O4/c28-24-19(26(33)29-14-18-9-10-21-22(12-18)36-16-35-21)13-20-25(32(24)15-17-6-2-1-3-7-17)30-23-8-4-5-11-31(23)27(20)34/h1-13,28H,14-16H2,(H,29,33). The van der Waals surface area contributed by atoms with Gasteiger partial charge >= 0.3 is 0 Å². The van der Waals surface area contributed by atoms with Gasteiger partial charge in [0.1, 0.15) is 16.8 Å². The molecule has 0 spiro atoms. The highest BCUT2D eigenvalue weighted by Crippen LogP contribution is 2.32. The van der Waals surface area contributed by atoms with Crippen LogP contribution in [-0.4, -0.2) is 26.7 Å². The molecule has 0 atom stereocenters. The molecule has 1 aliphatic rings. The largest absolute Gasteiger partial charge is 0.454 e. The molecule has 1 amide bonds. The molecule has 0 bridgehead atoms. The van der Waals surface area contributed by atoms with E-state index in [0.29, 0.717) is 22.8 Å². The fraction of sp³-hybridized carbons (Fsp3) is 0.111. The Morgan fingerprint density at radius 2 is 1.78 bits per heavy atom. The first kappa shape index (κ1) is 21.6. The van der Waals surface area contributed by atoms with Gasteiger partial charge in [0.25, 0.3) is 11.5 Å². The number of nitrogens with one attached hydrogen (secondary N) is 2. The molecule has 36 heavy (non-hydrogen) atoms. The summed E-state index contributed by atoms with van der Waals surface area (Å²) < 4.78 is 13.8. The highest BCUT2D eigenvalue weighted by atomic mass is 16.7. The summed E-state index contributed by atoms with van der Waals surface area (Å²) in [7, 11) is 0. The third-order valence-corrected chi connectivity index (χ3v) is 6.14. The Morgan fingerprint density at radius 3 is 2.64 bits per heavy atom. The minimum absolute atomic E-state index is 0.0262. The Labute approximate surface area is 204 Å². The first-order valence-corrected chi connectivity index (χ1v) is 11.4. The molecule has 0 radical (unpaired) electrons. The van der Waals surface area contributed by atoms with E-state index in [1.807, 2.05) is 42.5 Å². The molecule has 9 heteroatoms. The molecule has 6 rings (SSSR count). The Morgan fingerprint density at radius 1 is 0.972 bits per heavy atom.